The normalized spacial score (nSPS) is 15.7. The van der Waals surface area contributed by atoms with E-state index in [9.17, 15) is 4.79 Å². The molecule has 0 saturated carbocycles. The van der Waals surface area contributed by atoms with E-state index in [0.29, 0.717) is 12.2 Å². The van der Waals surface area contributed by atoms with Crippen molar-refractivity contribution in [1.82, 2.24) is 14.8 Å². The lowest BCUT2D eigenvalue weighted by atomic mass is 10.2. The highest BCUT2D eigenvalue weighted by molar-refractivity contribution is 5.99. The second-order valence-corrected chi connectivity index (χ2v) is 6.21. The number of anilines is 1. The number of ether oxygens (including phenoxy) is 1. The Balaban J connectivity index is 1.70. The number of fused-ring (bicyclic) bond motifs is 1. The first-order valence-electron chi connectivity index (χ1n) is 8.66. The zero-order valence-corrected chi connectivity index (χ0v) is 14.3. The van der Waals surface area contributed by atoms with Gasteiger partial charge < -0.3 is 20.4 Å². The molecule has 130 valence electrons. The molecule has 2 heterocycles. The Morgan fingerprint density at radius 3 is 2.79 bits per heavy atom. The number of nitrogen functional groups attached to an aromatic ring is 1. The van der Waals surface area contributed by atoms with Gasteiger partial charge in [-0.1, -0.05) is 6.92 Å². The Morgan fingerprint density at radius 1 is 1.25 bits per heavy atom. The van der Waals surface area contributed by atoms with Crippen molar-refractivity contribution in [3.8, 4) is 0 Å². The molecule has 1 amide bonds. The van der Waals surface area contributed by atoms with Crippen molar-refractivity contribution in [1.29, 1.82) is 0 Å². The zero-order chi connectivity index (χ0) is 16.9. The van der Waals surface area contributed by atoms with Crippen LogP contribution in [-0.4, -0.2) is 54.8 Å². The van der Waals surface area contributed by atoms with Gasteiger partial charge >= 0.3 is 0 Å². The third-order valence-corrected chi connectivity index (χ3v) is 4.42. The van der Waals surface area contributed by atoms with Crippen LogP contribution in [-0.2, 0) is 11.3 Å². The number of amides is 1. The second-order valence-electron chi connectivity index (χ2n) is 6.21. The second kappa shape index (κ2) is 7.68. The molecule has 24 heavy (non-hydrogen) atoms. The smallest absolute Gasteiger partial charge is 0.267 e. The average molecular weight is 330 g/mol. The predicted molar refractivity (Wildman–Crippen MR) is 96.2 cm³/mol. The van der Waals surface area contributed by atoms with Gasteiger partial charge in [0.1, 0.15) is 5.69 Å². The van der Waals surface area contributed by atoms with Gasteiger partial charge in [0, 0.05) is 49.3 Å². The van der Waals surface area contributed by atoms with Crippen LogP contribution in [0, 0.1) is 0 Å². The van der Waals surface area contributed by atoms with Crippen LogP contribution in [0.5, 0.6) is 0 Å². The monoisotopic (exact) mass is 330 g/mol. The largest absolute Gasteiger partial charge is 0.399 e. The molecule has 3 rings (SSSR count). The number of aromatic nitrogens is 1. The number of carbonyl (C=O) groups excluding carboxylic acids is 1. The third kappa shape index (κ3) is 3.71. The highest BCUT2D eigenvalue weighted by atomic mass is 16.5. The van der Waals surface area contributed by atoms with Crippen molar-refractivity contribution in [2.24, 2.45) is 0 Å². The number of nitrogens with zero attached hydrogens (tertiary/aromatic N) is 2. The van der Waals surface area contributed by atoms with Crippen molar-refractivity contribution < 1.29 is 9.53 Å². The molecule has 1 aliphatic heterocycles. The lowest BCUT2D eigenvalue weighted by molar-refractivity contribution is 0.0383. The van der Waals surface area contributed by atoms with Crippen molar-refractivity contribution >= 4 is 22.5 Å². The van der Waals surface area contributed by atoms with Gasteiger partial charge in [-0.15, -0.1) is 0 Å². The Hall–Kier alpha value is -2.05. The summed E-state index contributed by atoms with van der Waals surface area (Å²) in [6, 6.07) is 7.73. The van der Waals surface area contributed by atoms with Gasteiger partial charge in [0.25, 0.3) is 5.91 Å². The molecule has 0 unspecified atom stereocenters. The summed E-state index contributed by atoms with van der Waals surface area (Å²) >= 11 is 0. The Labute approximate surface area is 142 Å². The van der Waals surface area contributed by atoms with Crippen LogP contribution in [0.25, 0.3) is 10.9 Å². The molecule has 0 atom stereocenters. The molecule has 1 aromatic heterocycles. The molecule has 0 spiro atoms. The molecular formula is C18H26N4O2. The van der Waals surface area contributed by atoms with E-state index in [-0.39, 0.29) is 5.91 Å². The molecule has 1 aromatic carbocycles. The molecule has 6 nitrogen and oxygen atoms in total. The maximum absolute atomic E-state index is 12.6. The Bertz CT molecular complexity index is 704. The van der Waals surface area contributed by atoms with Crippen LogP contribution in [0.3, 0.4) is 0 Å². The van der Waals surface area contributed by atoms with Crippen LogP contribution >= 0.6 is 0 Å². The van der Waals surface area contributed by atoms with Gasteiger partial charge in [-0.2, -0.15) is 0 Å². The van der Waals surface area contributed by atoms with E-state index in [1.807, 2.05) is 24.3 Å². The topological polar surface area (TPSA) is 72.5 Å². The van der Waals surface area contributed by atoms with Gasteiger partial charge in [-0.05, 0) is 30.7 Å². The molecule has 3 N–H and O–H groups in total. The fourth-order valence-electron chi connectivity index (χ4n) is 3.18. The van der Waals surface area contributed by atoms with Crippen molar-refractivity contribution in [3.63, 3.8) is 0 Å². The van der Waals surface area contributed by atoms with Crippen molar-refractivity contribution in [2.45, 2.75) is 19.9 Å². The first-order valence-corrected chi connectivity index (χ1v) is 8.66. The minimum absolute atomic E-state index is 0.0218. The lowest BCUT2D eigenvalue weighted by Gasteiger charge is -2.26. The van der Waals surface area contributed by atoms with E-state index in [1.54, 1.807) is 0 Å². The zero-order valence-electron chi connectivity index (χ0n) is 14.3. The molecule has 0 aliphatic carbocycles. The molecule has 1 aliphatic rings. The van der Waals surface area contributed by atoms with Gasteiger partial charge in [-0.25, -0.2) is 0 Å². The van der Waals surface area contributed by atoms with E-state index < -0.39 is 0 Å². The number of morpholine rings is 1. The summed E-state index contributed by atoms with van der Waals surface area (Å²) in [6.45, 7) is 7.87. The highest BCUT2D eigenvalue weighted by Gasteiger charge is 2.16. The molecule has 2 aromatic rings. The molecule has 0 radical (unpaired) electrons. The minimum atomic E-state index is -0.0218. The molecule has 6 heteroatoms. The van der Waals surface area contributed by atoms with E-state index in [4.69, 9.17) is 10.5 Å². The first kappa shape index (κ1) is 16.8. The van der Waals surface area contributed by atoms with E-state index >= 15 is 0 Å². The van der Waals surface area contributed by atoms with Crippen LogP contribution in [0.1, 0.15) is 23.8 Å². The molecule has 1 saturated heterocycles. The fraction of sp³-hybridized carbons (Fsp3) is 0.500. The first-order chi connectivity index (χ1) is 11.7. The summed E-state index contributed by atoms with van der Waals surface area (Å²) < 4.78 is 7.42. The van der Waals surface area contributed by atoms with Crippen LogP contribution in [0.15, 0.2) is 24.3 Å². The maximum atomic E-state index is 12.6. The standard InChI is InChI=1S/C18H26N4O2/c1-2-6-22-16-4-3-15(19)12-14(16)13-17(22)18(23)20-5-7-21-8-10-24-11-9-21/h3-4,12-13H,2,5-11,19H2,1H3,(H,20,23). The van der Waals surface area contributed by atoms with E-state index in [1.165, 1.54) is 0 Å². The number of aryl methyl sites for hydroxylation is 1. The minimum Gasteiger partial charge on any atom is -0.399 e. The Morgan fingerprint density at radius 2 is 2.04 bits per heavy atom. The van der Waals surface area contributed by atoms with Crippen molar-refractivity contribution in [3.05, 3.63) is 30.0 Å². The predicted octanol–water partition coefficient (Wildman–Crippen LogP) is 1.70. The lowest BCUT2D eigenvalue weighted by Crippen LogP contribution is -2.41. The van der Waals surface area contributed by atoms with E-state index in [0.717, 1.165) is 62.4 Å². The SMILES string of the molecule is CCCn1c(C(=O)NCCN2CCOCC2)cc2cc(N)ccc21. The molecular weight excluding hydrogens is 304 g/mol. The van der Waals surface area contributed by atoms with Crippen LogP contribution in [0.2, 0.25) is 0 Å². The van der Waals surface area contributed by atoms with Crippen molar-refractivity contribution in [2.75, 3.05) is 45.1 Å². The maximum Gasteiger partial charge on any atom is 0.267 e. The number of hydrogen-bond acceptors (Lipinski definition) is 4. The summed E-state index contributed by atoms with van der Waals surface area (Å²) in [6.07, 6.45) is 0.974. The van der Waals surface area contributed by atoms with Gasteiger partial charge in [0.2, 0.25) is 0 Å². The quantitative estimate of drug-likeness (QED) is 0.791. The number of hydrogen-bond donors (Lipinski definition) is 2. The third-order valence-electron chi connectivity index (χ3n) is 4.42. The molecule has 0 bridgehead atoms. The van der Waals surface area contributed by atoms with Crippen LogP contribution in [0.4, 0.5) is 5.69 Å². The Kier molecular flexibility index (Phi) is 5.37. The number of benzene rings is 1. The van der Waals surface area contributed by atoms with Gasteiger partial charge in [0.05, 0.1) is 13.2 Å². The summed E-state index contributed by atoms with van der Waals surface area (Å²) in [5.74, 6) is -0.0218. The number of rotatable bonds is 6. The number of nitrogens with two attached hydrogens (primary N) is 1. The summed E-state index contributed by atoms with van der Waals surface area (Å²) in [5.41, 5.74) is 8.36. The summed E-state index contributed by atoms with van der Waals surface area (Å²) in [5, 5.41) is 4.06. The summed E-state index contributed by atoms with van der Waals surface area (Å²) in [7, 11) is 0. The summed E-state index contributed by atoms with van der Waals surface area (Å²) in [4.78, 5) is 14.9. The number of nitrogens with one attached hydrogen (secondary N) is 1. The van der Waals surface area contributed by atoms with E-state index in [2.05, 4.69) is 21.7 Å². The van der Waals surface area contributed by atoms with Gasteiger partial charge in [-0.3, -0.25) is 9.69 Å². The average Bonchev–Trinajstić information content (AvgIpc) is 2.94. The molecule has 1 fully saturated rings. The fourth-order valence-corrected chi connectivity index (χ4v) is 3.18. The van der Waals surface area contributed by atoms with Gasteiger partial charge in [0.15, 0.2) is 0 Å². The van der Waals surface area contributed by atoms with Crippen LogP contribution < -0.4 is 11.1 Å². The number of carbonyl (C=O) groups is 1. The highest BCUT2D eigenvalue weighted by Crippen LogP contribution is 2.23.